The molecule has 0 bridgehead atoms. The van der Waals surface area contributed by atoms with Crippen molar-refractivity contribution in [1.29, 1.82) is 0 Å². The summed E-state index contributed by atoms with van der Waals surface area (Å²) in [5.74, 6) is 1.11. The second-order valence-corrected chi connectivity index (χ2v) is 6.88. The van der Waals surface area contributed by atoms with Crippen LogP contribution in [0.1, 0.15) is 47.5 Å². The molecule has 0 unspecified atom stereocenters. The number of carbonyl (C=O) groups is 1. The highest BCUT2D eigenvalue weighted by Gasteiger charge is 2.21. The molecule has 0 radical (unpaired) electrons. The number of esters is 1. The molecule has 2 aromatic rings. The SMILES string of the molecule is CCC(C)(CC)Oc1ccc(-c2ccc(OC(=O)C(C)C)cc2)cc1. The maximum absolute atomic E-state index is 11.6. The predicted molar refractivity (Wildman–Crippen MR) is 102 cm³/mol. The number of carbonyl (C=O) groups excluding carboxylic acids is 1. The fourth-order valence-corrected chi connectivity index (χ4v) is 2.34. The van der Waals surface area contributed by atoms with Crippen LogP contribution in [0.15, 0.2) is 48.5 Å². The van der Waals surface area contributed by atoms with E-state index in [0.29, 0.717) is 5.75 Å². The molecule has 3 nitrogen and oxygen atoms in total. The Morgan fingerprint density at radius 1 is 0.880 bits per heavy atom. The van der Waals surface area contributed by atoms with E-state index < -0.39 is 0 Å². The molecule has 0 heterocycles. The normalized spacial score (nSPS) is 11.4. The van der Waals surface area contributed by atoms with Gasteiger partial charge in [0.2, 0.25) is 0 Å². The van der Waals surface area contributed by atoms with Gasteiger partial charge < -0.3 is 9.47 Å². The molecule has 0 amide bonds. The Hall–Kier alpha value is -2.29. The van der Waals surface area contributed by atoms with Crippen molar-refractivity contribution < 1.29 is 14.3 Å². The van der Waals surface area contributed by atoms with Gasteiger partial charge in [-0.2, -0.15) is 0 Å². The highest BCUT2D eigenvalue weighted by molar-refractivity contribution is 5.74. The molecular formula is C22H28O3. The average molecular weight is 340 g/mol. The Morgan fingerprint density at radius 2 is 1.32 bits per heavy atom. The van der Waals surface area contributed by atoms with Crippen LogP contribution in [0.25, 0.3) is 11.1 Å². The van der Waals surface area contributed by atoms with Crippen LogP contribution in [0.4, 0.5) is 0 Å². The van der Waals surface area contributed by atoms with E-state index in [1.54, 1.807) is 0 Å². The molecule has 0 N–H and O–H groups in total. The first-order valence-electron chi connectivity index (χ1n) is 8.98. The van der Waals surface area contributed by atoms with Crippen LogP contribution in [0, 0.1) is 5.92 Å². The lowest BCUT2D eigenvalue weighted by Gasteiger charge is -2.28. The van der Waals surface area contributed by atoms with Crippen LogP contribution in [-0.4, -0.2) is 11.6 Å². The number of hydrogen-bond donors (Lipinski definition) is 0. The molecule has 0 aliphatic carbocycles. The zero-order valence-electron chi connectivity index (χ0n) is 15.8. The van der Waals surface area contributed by atoms with Gasteiger partial charge in [0.05, 0.1) is 5.92 Å². The van der Waals surface area contributed by atoms with Gasteiger partial charge in [0.1, 0.15) is 17.1 Å². The van der Waals surface area contributed by atoms with Crippen LogP contribution < -0.4 is 9.47 Å². The molecule has 134 valence electrons. The summed E-state index contributed by atoms with van der Waals surface area (Å²) < 4.78 is 11.4. The monoisotopic (exact) mass is 340 g/mol. The molecular weight excluding hydrogens is 312 g/mol. The highest BCUT2D eigenvalue weighted by Crippen LogP contribution is 2.28. The van der Waals surface area contributed by atoms with Crippen LogP contribution >= 0.6 is 0 Å². The van der Waals surface area contributed by atoms with Crippen molar-refractivity contribution in [3.8, 4) is 22.6 Å². The Kier molecular flexibility index (Phi) is 6.24. The van der Waals surface area contributed by atoms with Gasteiger partial charge in [-0.05, 0) is 55.2 Å². The van der Waals surface area contributed by atoms with Crippen molar-refractivity contribution in [2.45, 2.75) is 53.1 Å². The maximum atomic E-state index is 11.6. The molecule has 0 spiro atoms. The molecule has 2 rings (SSSR count). The van der Waals surface area contributed by atoms with Crippen LogP contribution in [0.2, 0.25) is 0 Å². The predicted octanol–water partition coefficient (Wildman–Crippen LogP) is 5.87. The third-order valence-electron chi connectivity index (χ3n) is 4.59. The van der Waals surface area contributed by atoms with Gasteiger partial charge in [-0.25, -0.2) is 0 Å². The van der Waals surface area contributed by atoms with Gasteiger partial charge >= 0.3 is 5.97 Å². The quantitative estimate of drug-likeness (QED) is 0.467. The maximum Gasteiger partial charge on any atom is 0.313 e. The fourth-order valence-electron chi connectivity index (χ4n) is 2.34. The lowest BCUT2D eigenvalue weighted by Crippen LogP contribution is -2.30. The molecule has 25 heavy (non-hydrogen) atoms. The Balaban J connectivity index is 2.08. The first-order chi connectivity index (χ1) is 11.9. The summed E-state index contributed by atoms with van der Waals surface area (Å²) in [5, 5.41) is 0. The van der Waals surface area contributed by atoms with Crippen molar-refractivity contribution in [1.82, 2.24) is 0 Å². The minimum atomic E-state index is -0.218. The van der Waals surface area contributed by atoms with Gasteiger partial charge in [0, 0.05) is 0 Å². The summed E-state index contributed by atoms with van der Waals surface area (Å²) in [6.07, 6.45) is 1.95. The summed E-state index contributed by atoms with van der Waals surface area (Å²) in [4.78, 5) is 11.6. The topological polar surface area (TPSA) is 35.5 Å². The van der Waals surface area contributed by atoms with E-state index in [4.69, 9.17) is 9.47 Å². The smallest absolute Gasteiger partial charge is 0.313 e. The van der Waals surface area contributed by atoms with Crippen molar-refractivity contribution in [2.75, 3.05) is 0 Å². The first kappa shape index (κ1) is 19.0. The van der Waals surface area contributed by atoms with Crippen molar-refractivity contribution >= 4 is 5.97 Å². The summed E-state index contributed by atoms with van der Waals surface area (Å²) in [6.45, 7) is 10.1. The first-order valence-corrected chi connectivity index (χ1v) is 8.98. The van der Waals surface area contributed by atoms with Crippen LogP contribution in [-0.2, 0) is 4.79 Å². The van der Waals surface area contributed by atoms with E-state index in [-0.39, 0.29) is 17.5 Å². The Labute approximate surface area is 151 Å². The minimum Gasteiger partial charge on any atom is -0.488 e. The van der Waals surface area contributed by atoms with E-state index in [1.165, 1.54) is 0 Å². The van der Waals surface area contributed by atoms with Gasteiger partial charge in [-0.15, -0.1) is 0 Å². The van der Waals surface area contributed by atoms with Gasteiger partial charge in [0.25, 0.3) is 0 Å². The van der Waals surface area contributed by atoms with Crippen molar-refractivity contribution in [3.05, 3.63) is 48.5 Å². The van der Waals surface area contributed by atoms with E-state index >= 15 is 0 Å². The second kappa shape index (κ2) is 8.19. The van der Waals surface area contributed by atoms with E-state index in [9.17, 15) is 4.79 Å². The molecule has 0 aromatic heterocycles. The third kappa shape index (κ3) is 5.09. The number of hydrogen-bond acceptors (Lipinski definition) is 3. The lowest BCUT2D eigenvalue weighted by molar-refractivity contribution is -0.137. The van der Waals surface area contributed by atoms with E-state index in [2.05, 4.69) is 32.9 Å². The zero-order valence-corrected chi connectivity index (χ0v) is 15.8. The Morgan fingerprint density at radius 3 is 1.72 bits per heavy atom. The van der Waals surface area contributed by atoms with Gasteiger partial charge in [-0.1, -0.05) is 52.0 Å². The standard InChI is InChI=1S/C22H28O3/c1-6-22(5,7-2)25-20-14-10-18(11-15-20)17-8-12-19(13-9-17)24-21(23)16(3)4/h8-16H,6-7H2,1-5H3. The largest absolute Gasteiger partial charge is 0.488 e. The molecule has 0 aliphatic heterocycles. The molecule has 0 atom stereocenters. The molecule has 0 saturated heterocycles. The minimum absolute atomic E-state index is 0.122. The number of benzene rings is 2. The van der Waals surface area contributed by atoms with E-state index in [0.717, 1.165) is 29.7 Å². The highest BCUT2D eigenvalue weighted by atomic mass is 16.5. The average Bonchev–Trinajstić information content (AvgIpc) is 2.63. The molecule has 0 aliphatic rings. The van der Waals surface area contributed by atoms with Crippen LogP contribution in [0.3, 0.4) is 0 Å². The summed E-state index contributed by atoms with van der Waals surface area (Å²) >= 11 is 0. The van der Waals surface area contributed by atoms with E-state index in [1.807, 2.05) is 50.2 Å². The lowest BCUT2D eigenvalue weighted by atomic mass is 10.00. The van der Waals surface area contributed by atoms with Crippen LogP contribution in [0.5, 0.6) is 11.5 Å². The van der Waals surface area contributed by atoms with Gasteiger partial charge in [0.15, 0.2) is 0 Å². The summed E-state index contributed by atoms with van der Waals surface area (Å²) in [5.41, 5.74) is 2.05. The fraction of sp³-hybridized carbons (Fsp3) is 0.409. The summed E-state index contributed by atoms with van der Waals surface area (Å²) in [6, 6.07) is 15.7. The number of rotatable bonds is 7. The summed E-state index contributed by atoms with van der Waals surface area (Å²) in [7, 11) is 0. The third-order valence-corrected chi connectivity index (χ3v) is 4.59. The molecule has 2 aromatic carbocycles. The second-order valence-electron chi connectivity index (χ2n) is 6.88. The molecule has 3 heteroatoms. The van der Waals surface area contributed by atoms with Gasteiger partial charge in [-0.3, -0.25) is 4.79 Å². The molecule has 0 fully saturated rings. The zero-order chi connectivity index (χ0) is 18.4. The number of ether oxygens (including phenoxy) is 2. The van der Waals surface area contributed by atoms with Crippen molar-refractivity contribution in [2.24, 2.45) is 5.92 Å². The molecule has 0 saturated carbocycles. The Bertz CT molecular complexity index is 680. The van der Waals surface area contributed by atoms with Crippen molar-refractivity contribution in [3.63, 3.8) is 0 Å².